The monoisotopic (exact) mass is 506 g/mol. The molecule has 1 N–H and O–H groups in total. The highest BCUT2D eigenvalue weighted by atomic mass is 16.5. The largest absolute Gasteiger partial charge is 0.507 e. The van der Waals surface area contributed by atoms with Crippen molar-refractivity contribution in [2.45, 2.75) is 38.8 Å². The molecule has 3 aliphatic rings. The summed E-state index contributed by atoms with van der Waals surface area (Å²) < 4.78 is 16.8. The number of amides is 1. The van der Waals surface area contributed by atoms with E-state index in [0.29, 0.717) is 44.1 Å². The van der Waals surface area contributed by atoms with Crippen LogP contribution in [0.1, 0.15) is 43.0 Å². The number of hydrogen-bond donors (Lipinski definition) is 1. The Kier molecular flexibility index (Phi) is 7.48. The van der Waals surface area contributed by atoms with Gasteiger partial charge < -0.3 is 24.2 Å². The summed E-state index contributed by atoms with van der Waals surface area (Å²) in [6.07, 6.45) is 1.51. The first-order chi connectivity index (χ1) is 18.0. The molecule has 3 aliphatic heterocycles. The number of ether oxygens (including phenoxy) is 3. The third kappa shape index (κ3) is 5.22. The zero-order valence-electron chi connectivity index (χ0n) is 21.4. The van der Waals surface area contributed by atoms with Crippen LogP contribution in [0.5, 0.6) is 11.5 Å². The maximum absolute atomic E-state index is 13.3. The van der Waals surface area contributed by atoms with Crippen LogP contribution in [0.25, 0.3) is 5.76 Å². The quantitative estimate of drug-likeness (QED) is 0.333. The van der Waals surface area contributed by atoms with E-state index in [9.17, 15) is 14.7 Å². The SMILES string of the molecule is CCOc1ccc([C@H]2C(=C(O)c3ccc4c(c3)C[C@@H](C)O4)C(=O)C(=O)N2CCCN2CCOCC2)cc1. The van der Waals surface area contributed by atoms with E-state index < -0.39 is 17.7 Å². The molecule has 2 atom stereocenters. The zero-order valence-corrected chi connectivity index (χ0v) is 21.4. The number of rotatable bonds is 8. The number of aliphatic hydroxyl groups excluding tert-OH is 1. The number of morpholine rings is 1. The fraction of sp³-hybridized carbons (Fsp3) is 0.448. The van der Waals surface area contributed by atoms with Crippen molar-refractivity contribution in [2.24, 2.45) is 0 Å². The Morgan fingerprint density at radius 2 is 1.84 bits per heavy atom. The molecule has 3 heterocycles. The van der Waals surface area contributed by atoms with Gasteiger partial charge in [0, 0.05) is 38.2 Å². The molecule has 0 spiro atoms. The topological polar surface area (TPSA) is 88.5 Å². The molecule has 1 amide bonds. The zero-order chi connectivity index (χ0) is 25.9. The van der Waals surface area contributed by atoms with Crippen LogP contribution in [-0.2, 0) is 20.7 Å². The molecule has 0 bridgehead atoms. The predicted molar refractivity (Wildman–Crippen MR) is 139 cm³/mol. The van der Waals surface area contributed by atoms with Crippen molar-refractivity contribution in [1.82, 2.24) is 9.80 Å². The van der Waals surface area contributed by atoms with Crippen LogP contribution in [-0.4, -0.2) is 78.7 Å². The number of carbonyl (C=O) groups excluding carboxylic acids is 2. The number of carbonyl (C=O) groups is 2. The van der Waals surface area contributed by atoms with Gasteiger partial charge in [-0.15, -0.1) is 0 Å². The van der Waals surface area contributed by atoms with Crippen LogP contribution in [0, 0.1) is 0 Å². The van der Waals surface area contributed by atoms with Crippen molar-refractivity contribution < 1.29 is 28.9 Å². The van der Waals surface area contributed by atoms with E-state index >= 15 is 0 Å². The fourth-order valence-corrected chi connectivity index (χ4v) is 5.38. The lowest BCUT2D eigenvalue weighted by atomic mass is 9.94. The predicted octanol–water partition coefficient (Wildman–Crippen LogP) is 3.55. The molecule has 2 aromatic carbocycles. The van der Waals surface area contributed by atoms with Gasteiger partial charge in [0.15, 0.2) is 0 Å². The van der Waals surface area contributed by atoms with E-state index in [1.165, 1.54) is 0 Å². The van der Waals surface area contributed by atoms with Crippen LogP contribution in [0.15, 0.2) is 48.0 Å². The highest BCUT2D eigenvalue weighted by Gasteiger charge is 2.46. The van der Waals surface area contributed by atoms with E-state index in [2.05, 4.69) is 4.90 Å². The van der Waals surface area contributed by atoms with Gasteiger partial charge in [0.2, 0.25) is 0 Å². The standard InChI is InChI=1S/C29H34N2O6/c1-3-36-23-8-5-20(6-9-23)26-25(27(32)21-7-10-24-22(18-21)17-19(2)37-24)28(33)29(34)31(26)12-4-11-30-13-15-35-16-14-30/h5-10,18-19,26,32H,3-4,11-17H2,1-2H3/t19-,26+/m1/s1. The molecule has 0 saturated carbocycles. The Balaban J connectivity index is 1.47. The van der Waals surface area contributed by atoms with E-state index in [0.717, 1.165) is 42.9 Å². The van der Waals surface area contributed by atoms with Crippen molar-refractivity contribution >= 4 is 17.4 Å². The summed E-state index contributed by atoms with van der Waals surface area (Å²) in [6.45, 7) is 8.82. The van der Waals surface area contributed by atoms with Crippen LogP contribution in [0.2, 0.25) is 0 Å². The summed E-state index contributed by atoms with van der Waals surface area (Å²) in [5.41, 5.74) is 2.37. The number of ketones is 1. The maximum Gasteiger partial charge on any atom is 0.295 e. The molecule has 0 aliphatic carbocycles. The number of benzene rings is 2. The molecule has 8 heteroatoms. The van der Waals surface area contributed by atoms with Gasteiger partial charge in [-0.1, -0.05) is 12.1 Å². The maximum atomic E-state index is 13.3. The van der Waals surface area contributed by atoms with Crippen LogP contribution in [0.4, 0.5) is 0 Å². The summed E-state index contributed by atoms with van der Waals surface area (Å²) >= 11 is 0. The molecule has 2 fully saturated rings. The lowest BCUT2D eigenvalue weighted by Crippen LogP contribution is -2.38. The van der Waals surface area contributed by atoms with Gasteiger partial charge in [0.05, 0.1) is 31.4 Å². The Morgan fingerprint density at radius 3 is 2.57 bits per heavy atom. The van der Waals surface area contributed by atoms with E-state index in [1.807, 2.05) is 50.2 Å². The summed E-state index contributed by atoms with van der Waals surface area (Å²) in [5.74, 6) is 0.0996. The first kappa shape index (κ1) is 25.3. The first-order valence-corrected chi connectivity index (χ1v) is 13.1. The summed E-state index contributed by atoms with van der Waals surface area (Å²) in [5, 5.41) is 11.4. The molecule has 0 aromatic heterocycles. The second-order valence-corrected chi connectivity index (χ2v) is 9.76. The second-order valence-electron chi connectivity index (χ2n) is 9.76. The third-order valence-corrected chi connectivity index (χ3v) is 7.19. The molecule has 37 heavy (non-hydrogen) atoms. The van der Waals surface area contributed by atoms with Crippen molar-refractivity contribution in [3.8, 4) is 11.5 Å². The number of hydrogen-bond acceptors (Lipinski definition) is 7. The average molecular weight is 507 g/mol. The smallest absolute Gasteiger partial charge is 0.295 e. The van der Waals surface area contributed by atoms with Crippen LogP contribution >= 0.6 is 0 Å². The summed E-state index contributed by atoms with van der Waals surface area (Å²) in [7, 11) is 0. The van der Waals surface area contributed by atoms with Gasteiger partial charge in [0.25, 0.3) is 11.7 Å². The third-order valence-electron chi connectivity index (χ3n) is 7.19. The van der Waals surface area contributed by atoms with E-state index in [4.69, 9.17) is 14.2 Å². The van der Waals surface area contributed by atoms with Gasteiger partial charge in [-0.25, -0.2) is 0 Å². The molecule has 196 valence electrons. The highest BCUT2D eigenvalue weighted by molar-refractivity contribution is 6.46. The van der Waals surface area contributed by atoms with Crippen molar-refractivity contribution in [2.75, 3.05) is 46.0 Å². The number of Topliss-reactive ketones (excluding diaryl/α,β-unsaturated/α-hetero) is 1. The van der Waals surface area contributed by atoms with Crippen molar-refractivity contribution in [3.63, 3.8) is 0 Å². The van der Waals surface area contributed by atoms with E-state index in [1.54, 1.807) is 11.0 Å². The minimum absolute atomic E-state index is 0.0632. The molecule has 2 aromatic rings. The van der Waals surface area contributed by atoms with Gasteiger partial charge in [-0.05, 0) is 61.7 Å². The van der Waals surface area contributed by atoms with Gasteiger partial charge in [-0.2, -0.15) is 0 Å². The Labute approximate surface area is 217 Å². The lowest BCUT2D eigenvalue weighted by molar-refractivity contribution is -0.140. The summed E-state index contributed by atoms with van der Waals surface area (Å²) in [6, 6.07) is 12.1. The van der Waals surface area contributed by atoms with Gasteiger partial charge in [0.1, 0.15) is 23.4 Å². The van der Waals surface area contributed by atoms with Crippen molar-refractivity contribution in [1.29, 1.82) is 0 Å². The fourth-order valence-electron chi connectivity index (χ4n) is 5.38. The minimum atomic E-state index is -0.677. The van der Waals surface area contributed by atoms with E-state index in [-0.39, 0.29) is 17.4 Å². The molecule has 5 rings (SSSR count). The average Bonchev–Trinajstić information content (AvgIpc) is 3.40. The number of nitrogens with zero attached hydrogens (tertiary/aromatic N) is 2. The first-order valence-electron chi connectivity index (χ1n) is 13.1. The Bertz CT molecular complexity index is 1190. The molecule has 0 radical (unpaired) electrons. The molecular formula is C29H34N2O6. The Hall–Kier alpha value is -3.36. The normalized spacial score (nSPS) is 23.2. The summed E-state index contributed by atoms with van der Waals surface area (Å²) in [4.78, 5) is 30.5. The molecule has 8 nitrogen and oxygen atoms in total. The van der Waals surface area contributed by atoms with Gasteiger partial charge in [-0.3, -0.25) is 14.5 Å². The van der Waals surface area contributed by atoms with Crippen LogP contribution < -0.4 is 9.47 Å². The molecule has 0 unspecified atom stereocenters. The van der Waals surface area contributed by atoms with Crippen LogP contribution in [0.3, 0.4) is 0 Å². The van der Waals surface area contributed by atoms with Gasteiger partial charge >= 0.3 is 0 Å². The molecule has 2 saturated heterocycles. The number of aliphatic hydroxyl groups is 1. The second kappa shape index (κ2) is 10.9. The Morgan fingerprint density at radius 1 is 1.08 bits per heavy atom. The number of fused-ring (bicyclic) bond motifs is 1. The molecular weight excluding hydrogens is 472 g/mol. The van der Waals surface area contributed by atoms with Crippen molar-refractivity contribution in [3.05, 3.63) is 64.7 Å². The highest BCUT2D eigenvalue weighted by Crippen LogP contribution is 2.41. The minimum Gasteiger partial charge on any atom is -0.507 e. The lowest BCUT2D eigenvalue weighted by Gasteiger charge is -2.29. The number of likely N-dealkylation sites (tertiary alicyclic amines) is 1.